The molecule has 4 aromatic rings. The van der Waals surface area contributed by atoms with Crippen molar-refractivity contribution in [3.8, 4) is 17.1 Å². The molecule has 0 unspecified atom stereocenters. The third-order valence-electron chi connectivity index (χ3n) is 3.85. The molecule has 0 N–H and O–H groups in total. The van der Waals surface area contributed by atoms with Gasteiger partial charge in [-0.05, 0) is 24.3 Å². The molecule has 2 aromatic heterocycles. The molecule has 0 saturated carbocycles. The lowest BCUT2D eigenvalue weighted by atomic mass is 10.2. The van der Waals surface area contributed by atoms with Crippen LogP contribution in [-0.4, -0.2) is 21.0 Å². The Morgan fingerprint density at radius 2 is 1.88 bits per heavy atom. The number of nitro groups is 1. The van der Waals surface area contributed by atoms with Gasteiger partial charge in [0, 0.05) is 23.7 Å². The number of hydrogen-bond acceptors (Lipinski definition) is 5. The average Bonchev–Trinajstić information content (AvgIpc) is 3.25. The van der Waals surface area contributed by atoms with Gasteiger partial charge in [0.25, 0.3) is 5.69 Å². The Bertz CT molecular complexity index is 1060. The zero-order chi connectivity index (χ0) is 17.4. The van der Waals surface area contributed by atoms with E-state index in [1.165, 1.54) is 16.8 Å². The number of benzene rings is 2. The Kier molecular flexibility index (Phi) is 3.39. The molecule has 0 aliphatic heterocycles. The van der Waals surface area contributed by atoms with Crippen LogP contribution in [0.3, 0.4) is 0 Å². The van der Waals surface area contributed by atoms with Crippen molar-refractivity contribution in [2.45, 2.75) is 0 Å². The Morgan fingerprint density at radius 1 is 1.12 bits per heavy atom. The molecular formula is C18H11N3O4. The van der Waals surface area contributed by atoms with Crippen molar-refractivity contribution in [2.75, 3.05) is 0 Å². The van der Waals surface area contributed by atoms with Crippen molar-refractivity contribution in [3.05, 3.63) is 76.5 Å². The third kappa shape index (κ3) is 2.57. The second-order valence-electron chi connectivity index (χ2n) is 5.42. The predicted molar refractivity (Wildman–Crippen MR) is 90.8 cm³/mol. The fraction of sp³-hybridized carbons (Fsp3) is 0. The number of nitrogens with zero attached hydrogens (tertiary/aromatic N) is 3. The maximum absolute atomic E-state index is 11.4. The molecule has 0 amide bonds. The maximum atomic E-state index is 11.4. The van der Waals surface area contributed by atoms with Crippen molar-refractivity contribution in [2.24, 2.45) is 0 Å². The molecule has 25 heavy (non-hydrogen) atoms. The second kappa shape index (κ2) is 5.72. The van der Waals surface area contributed by atoms with Crippen LogP contribution in [0.5, 0.6) is 0 Å². The van der Waals surface area contributed by atoms with Crippen LogP contribution in [0.4, 0.5) is 5.69 Å². The van der Waals surface area contributed by atoms with E-state index >= 15 is 0 Å². The number of aromatic nitrogens is 2. The van der Waals surface area contributed by atoms with E-state index in [9.17, 15) is 14.9 Å². The first-order valence-electron chi connectivity index (χ1n) is 7.44. The van der Waals surface area contributed by atoms with Crippen molar-refractivity contribution in [3.63, 3.8) is 0 Å². The zero-order valence-corrected chi connectivity index (χ0v) is 12.8. The lowest BCUT2D eigenvalue weighted by Gasteiger charge is -2.00. The summed E-state index contributed by atoms with van der Waals surface area (Å²) in [7, 11) is 0. The molecule has 0 aliphatic carbocycles. The first-order valence-corrected chi connectivity index (χ1v) is 7.44. The Hall–Kier alpha value is -3.74. The SMILES string of the molecule is O=Cc1cn(-c2ccc([N+](=O)[O-])cc2)nc1-c1cc2ccccc2o1. The molecule has 0 spiro atoms. The number of aldehydes is 1. The van der Waals surface area contributed by atoms with Crippen LogP contribution < -0.4 is 0 Å². The number of hydrogen-bond donors (Lipinski definition) is 0. The molecule has 0 radical (unpaired) electrons. The van der Waals surface area contributed by atoms with Crippen LogP contribution in [0.15, 0.2) is 65.2 Å². The summed E-state index contributed by atoms with van der Waals surface area (Å²) in [6.45, 7) is 0. The van der Waals surface area contributed by atoms with Gasteiger partial charge in [-0.15, -0.1) is 0 Å². The van der Waals surface area contributed by atoms with Crippen LogP contribution in [-0.2, 0) is 0 Å². The fourth-order valence-electron chi connectivity index (χ4n) is 2.62. The fourth-order valence-corrected chi connectivity index (χ4v) is 2.62. The number of nitro benzene ring substituents is 1. The molecule has 122 valence electrons. The third-order valence-corrected chi connectivity index (χ3v) is 3.85. The minimum absolute atomic E-state index is 0.0102. The summed E-state index contributed by atoms with van der Waals surface area (Å²) in [4.78, 5) is 21.7. The lowest BCUT2D eigenvalue weighted by molar-refractivity contribution is -0.384. The first-order chi connectivity index (χ1) is 12.2. The standard InChI is InChI=1S/C18H11N3O4/c22-11-13-10-20(14-5-7-15(8-6-14)21(23)24)19-18(13)17-9-12-3-1-2-4-16(12)25-17/h1-11H. The van der Waals surface area contributed by atoms with E-state index in [-0.39, 0.29) is 5.69 Å². The second-order valence-corrected chi connectivity index (χ2v) is 5.42. The maximum Gasteiger partial charge on any atom is 0.269 e. The highest BCUT2D eigenvalue weighted by Crippen LogP contribution is 2.29. The van der Waals surface area contributed by atoms with Gasteiger partial charge in [-0.25, -0.2) is 4.68 Å². The van der Waals surface area contributed by atoms with Crippen molar-refractivity contribution in [1.82, 2.24) is 9.78 Å². The van der Waals surface area contributed by atoms with Gasteiger partial charge in [-0.1, -0.05) is 18.2 Å². The Morgan fingerprint density at radius 3 is 2.56 bits per heavy atom. The summed E-state index contributed by atoms with van der Waals surface area (Å²) in [6.07, 6.45) is 2.27. The molecule has 0 aliphatic rings. The largest absolute Gasteiger partial charge is 0.454 e. The monoisotopic (exact) mass is 333 g/mol. The summed E-state index contributed by atoms with van der Waals surface area (Å²) >= 11 is 0. The molecule has 2 aromatic carbocycles. The highest BCUT2D eigenvalue weighted by molar-refractivity contribution is 5.88. The Labute approximate surface area is 141 Å². The van der Waals surface area contributed by atoms with E-state index in [0.717, 1.165) is 5.39 Å². The van der Waals surface area contributed by atoms with Crippen molar-refractivity contribution >= 4 is 22.9 Å². The van der Waals surface area contributed by atoms with Gasteiger partial charge >= 0.3 is 0 Å². The molecular weight excluding hydrogens is 322 g/mol. The molecule has 0 atom stereocenters. The number of rotatable bonds is 4. The number of non-ortho nitro benzene ring substituents is 1. The van der Waals surface area contributed by atoms with Gasteiger partial charge in [-0.3, -0.25) is 14.9 Å². The minimum atomic E-state index is -0.469. The number of carbonyl (C=O) groups is 1. The minimum Gasteiger partial charge on any atom is -0.454 e. The van der Waals surface area contributed by atoms with Crippen LogP contribution in [0.1, 0.15) is 10.4 Å². The topological polar surface area (TPSA) is 91.2 Å². The average molecular weight is 333 g/mol. The van der Waals surface area contributed by atoms with E-state index in [4.69, 9.17) is 4.42 Å². The van der Waals surface area contributed by atoms with Crippen LogP contribution >= 0.6 is 0 Å². The van der Waals surface area contributed by atoms with E-state index in [0.29, 0.717) is 34.6 Å². The van der Waals surface area contributed by atoms with Gasteiger partial charge in [0.2, 0.25) is 0 Å². The highest BCUT2D eigenvalue weighted by Gasteiger charge is 2.16. The molecule has 7 heteroatoms. The van der Waals surface area contributed by atoms with Crippen LogP contribution in [0.25, 0.3) is 28.1 Å². The Balaban J connectivity index is 1.79. The molecule has 0 saturated heterocycles. The number of furan rings is 1. The molecule has 7 nitrogen and oxygen atoms in total. The van der Waals surface area contributed by atoms with Gasteiger partial charge in [-0.2, -0.15) is 5.10 Å². The number of carbonyl (C=O) groups excluding carboxylic acids is 1. The summed E-state index contributed by atoms with van der Waals surface area (Å²) in [6, 6.07) is 15.3. The van der Waals surface area contributed by atoms with Gasteiger partial charge in [0.1, 0.15) is 11.3 Å². The first kappa shape index (κ1) is 14.8. The van der Waals surface area contributed by atoms with Crippen LogP contribution in [0.2, 0.25) is 0 Å². The quantitative estimate of drug-likeness (QED) is 0.320. The predicted octanol–water partition coefficient (Wildman–Crippen LogP) is 4.01. The summed E-state index contributed by atoms with van der Waals surface area (Å²) in [5.74, 6) is 0.490. The number of para-hydroxylation sites is 1. The highest BCUT2D eigenvalue weighted by atomic mass is 16.6. The summed E-state index contributed by atoms with van der Waals surface area (Å²) in [5, 5.41) is 16.1. The van der Waals surface area contributed by atoms with Gasteiger partial charge < -0.3 is 4.42 Å². The molecule has 4 rings (SSSR count). The van der Waals surface area contributed by atoms with Gasteiger partial charge in [0.05, 0.1) is 16.2 Å². The molecule has 0 bridgehead atoms. The lowest BCUT2D eigenvalue weighted by Crippen LogP contribution is -1.95. The smallest absolute Gasteiger partial charge is 0.269 e. The van der Waals surface area contributed by atoms with Crippen molar-refractivity contribution < 1.29 is 14.1 Å². The van der Waals surface area contributed by atoms with Crippen molar-refractivity contribution in [1.29, 1.82) is 0 Å². The summed E-state index contributed by atoms with van der Waals surface area (Å²) < 4.78 is 7.27. The zero-order valence-electron chi connectivity index (χ0n) is 12.8. The molecule has 2 heterocycles. The van der Waals surface area contributed by atoms with E-state index in [1.807, 2.05) is 30.3 Å². The van der Waals surface area contributed by atoms with E-state index < -0.39 is 4.92 Å². The van der Waals surface area contributed by atoms with Crippen LogP contribution in [0, 0.1) is 10.1 Å². The normalized spacial score (nSPS) is 10.9. The number of fused-ring (bicyclic) bond motifs is 1. The summed E-state index contributed by atoms with van der Waals surface area (Å²) in [5.41, 5.74) is 2.10. The van der Waals surface area contributed by atoms with E-state index in [1.54, 1.807) is 18.3 Å². The van der Waals surface area contributed by atoms with Gasteiger partial charge in [0.15, 0.2) is 12.0 Å². The molecule has 0 fully saturated rings. The van der Waals surface area contributed by atoms with E-state index in [2.05, 4.69) is 5.10 Å².